The van der Waals surface area contributed by atoms with Crippen LogP contribution in [0.3, 0.4) is 0 Å². The van der Waals surface area contributed by atoms with Crippen LogP contribution in [0, 0.1) is 0 Å². The largest absolute Gasteiger partial charge is 0.335 e. The molecule has 0 spiro atoms. The van der Waals surface area contributed by atoms with Gasteiger partial charge in [-0.1, -0.05) is 27.5 Å². The SMILES string of the molecule is CCN(Cc1ccncc1)C(=O)c1cc(Cl)cc(Br)c1. The smallest absolute Gasteiger partial charge is 0.254 e. The summed E-state index contributed by atoms with van der Waals surface area (Å²) < 4.78 is 0.799. The van der Waals surface area contributed by atoms with Gasteiger partial charge in [0, 0.05) is 40.5 Å². The Bertz CT molecular complexity index is 584. The second-order valence-electron chi connectivity index (χ2n) is 4.33. The summed E-state index contributed by atoms with van der Waals surface area (Å²) in [4.78, 5) is 18.3. The molecule has 3 nitrogen and oxygen atoms in total. The predicted octanol–water partition coefficient (Wildman–Crippen LogP) is 4.16. The topological polar surface area (TPSA) is 33.2 Å². The quantitative estimate of drug-likeness (QED) is 0.827. The Morgan fingerprint density at radius 1 is 1.30 bits per heavy atom. The number of halogens is 2. The Labute approximate surface area is 131 Å². The van der Waals surface area contributed by atoms with Gasteiger partial charge in [0.1, 0.15) is 0 Å². The Balaban J connectivity index is 2.20. The highest BCUT2D eigenvalue weighted by atomic mass is 79.9. The minimum absolute atomic E-state index is 0.0347. The average Bonchev–Trinajstić information content (AvgIpc) is 2.44. The summed E-state index contributed by atoms with van der Waals surface area (Å²) in [6.07, 6.45) is 3.45. The van der Waals surface area contributed by atoms with Gasteiger partial charge >= 0.3 is 0 Å². The Hall–Kier alpha value is -1.39. The van der Waals surface area contributed by atoms with E-state index in [0.29, 0.717) is 23.7 Å². The third-order valence-corrected chi connectivity index (χ3v) is 3.58. The Kier molecular flexibility index (Phi) is 5.15. The Morgan fingerprint density at radius 3 is 2.60 bits per heavy atom. The number of carbonyl (C=O) groups is 1. The summed E-state index contributed by atoms with van der Waals surface area (Å²) in [6, 6.07) is 9.04. The van der Waals surface area contributed by atoms with Crippen molar-refractivity contribution in [3.8, 4) is 0 Å². The van der Waals surface area contributed by atoms with Crippen LogP contribution in [-0.2, 0) is 6.54 Å². The first-order chi connectivity index (χ1) is 9.60. The number of amides is 1. The van der Waals surface area contributed by atoms with E-state index in [4.69, 9.17) is 11.6 Å². The van der Waals surface area contributed by atoms with Crippen molar-refractivity contribution >= 4 is 33.4 Å². The van der Waals surface area contributed by atoms with Crippen molar-refractivity contribution in [2.24, 2.45) is 0 Å². The van der Waals surface area contributed by atoms with E-state index < -0.39 is 0 Å². The van der Waals surface area contributed by atoms with Gasteiger partial charge in [-0.05, 0) is 42.8 Å². The van der Waals surface area contributed by atoms with Gasteiger partial charge in [-0.15, -0.1) is 0 Å². The van der Waals surface area contributed by atoms with Crippen molar-refractivity contribution in [2.75, 3.05) is 6.54 Å². The lowest BCUT2D eigenvalue weighted by Crippen LogP contribution is -2.30. The first kappa shape index (κ1) is 15.0. The van der Waals surface area contributed by atoms with Crippen molar-refractivity contribution in [2.45, 2.75) is 13.5 Å². The number of pyridine rings is 1. The zero-order chi connectivity index (χ0) is 14.5. The molecule has 0 saturated heterocycles. The molecule has 20 heavy (non-hydrogen) atoms. The third kappa shape index (κ3) is 3.81. The summed E-state index contributed by atoms with van der Waals surface area (Å²) in [5.41, 5.74) is 1.64. The molecule has 0 N–H and O–H groups in total. The highest BCUT2D eigenvalue weighted by Crippen LogP contribution is 2.21. The zero-order valence-electron chi connectivity index (χ0n) is 11.0. The molecule has 1 amide bonds. The molecular formula is C15H14BrClN2O. The van der Waals surface area contributed by atoms with E-state index in [9.17, 15) is 4.79 Å². The van der Waals surface area contributed by atoms with Gasteiger partial charge in [0.2, 0.25) is 0 Å². The van der Waals surface area contributed by atoms with Crippen molar-refractivity contribution in [1.82, 2.24) is 9.88 Å². The van der Waals surface area contributed by atoms with Gasteiger partial charge in [-0.25, -0.2) is 0 Å². The molecule has 1 aromatic carbocycles. The van der Waals surface area contributed by atoms with E-state index >= 15 is 0 Å². The van der Waals surface area contributed by atoms with E-state index in [1.807, 2.05) is 19.1 Å². The van der Waals surface area contributed by atoms with E-state index in [-0.39, 0.29) is 5.91 Å². The molecule has 0 unspecified atom stereocenters. The molecule has 0 atom stereocenters. The minimum Gasteiger partial charge on any atom is -0.335 e. The van der Waals surface area contributed by atoms with Crippen LogP contribution in [0.4, 0.5) is 0 Å². The minimum atomic E-state index is -0.0347. The van der Waals surface area contributed by atoms with Crippen LogP contribution in [0.15, 0.2) is 47.2 Å². The lowest BCUT2D eigenvalue weighted by Gasteiger charge is -2.21. The molecule has 104 valence electrons. The summed E-state index contributed by atoms with van der Waals surface area (Å²) in [7, 11) is 0. The molecule has 0 bridgehead atoms. The number of hydrogen-bond donors (Lipinski definition) is 0. The fraction of sp³-hybridized carbons (Fsp3) is 0.200. The van der Waals surface area contributed by atoms with E-state index in [0.717, 1.165) is 10.0 Å². The normalized spacial score (nSPS) is 10.3. The Morgan fingerprint density at radius 2 is 2.00 bits per heavy atom. The van der Waals surface area contributed by atoms with Gasteiger partial charge in [0.15, 0.2) is 0 Å². The van der Waals surface area contributed by atoms with Crippen molar-refractivity contribution in [3.63, 3.8) is 0 Å². The first-order valence-electron chi connectivity index (χ1n) is 6.24. The van der Waals surface area contributed by atoms with Crippen LogP contribution in [0.5, 0.6) is 0 Å². The molecule has 2 aromatic rings. The fourth-order valence-corrected chi connectivity index (χ4v) is 2.76. The van der Waals surface area contributed by atoms with Crippen molar-refractivity contribution < 1.29 is 4.79 Å². The van der Waals surface area contributed by atoms with Crippen molar-refractivity contribution in [3.05, 3.63) is 63.3 Å². The molecule has 0 saturated carbocycles. The van der Waals surface area contributed by atoms with Crippen LogP contribution in [0.25, 0.3) is 0 Å². The van der Waals surface area contributed by atoms with Crippen LogP contribution in [0.2, 0.25) is 5.02 Å². The summed E-state index contributed by atoms with van der Waals surface area (Å²) in [5.74, 6) is -0.0347. The molecular weight excluding hydrogens is 340 g/mol. The molecule has 1 heterocycles. The van der Waals surface area contributed by atoms with Gasteiger partial charge in [0.25, 0.3) is 5.91 Å². The number of carbonyl (C=O) groups excluding carboxylic acids is 1. The van der Waals surface area contributed by atoms with Crippen LogP contribution in [0.1, 0.15) is 22.8 Å². The summed E-state index contributed by atoms with van der Waals surface area (Å²) in [5, 5.41) is 0.544. The molecule has 1 aromatic heterocycles. The van der Waals surface area contributed by atoms with Crippen molar-refractivity contribution in [1.29, 1.82) is 0 Å². The standard InChI is InChI=1S/C15H14BrClN2O/c1-2-19(10-11-3-5-18-6-4-11)15(20)12-7-13(16)9-14(17)8-12/h3-9H,2,10H2,1H3. The fourth-order valence-electron chi connectivity index (χ4n) is 1.90. The molecule has 0 aliphatic heterocycles. The van der Waals surface area contributed by atoms with Gasteiger partial charge in [-0.2, -0.15) is 0 Å². The second-order valence-corrected chi connectivity index (χ2v) is 5.69. The first-order valence-corrected chi connectivity index (χ1v) is 7.41. The monoisotopic (exact) mass is 352 g/mol. The number of aromatic nitrogens is 1. The summed E-state index contributed by atoms with van der Waals surface area (Å²) in [6.45, 7) is 3.14. The van der Waals surface area contributed by atoms with E-state index in [1.54, 1.807) is 35.5 Å². The third-order valence-electron chi connectivity index (χ3n) is 2.90. The van der Waals surface area contributed by atoms with Gasteiger partial charge in [-0.3, -0.25) is 9.78 Å². The molecule has 0 radical (unpaired) electrons. The van der Waals surface area contributed by atoms with E-state index in [2.05, 4.69) is 20.9 Å². The molecule has 5 heteroatoms. The maximum absolute atomic E-state index is 12.5. The number of rotatable bonds is 4. The van der Waals surface area contributed by atoms with E-state index in [1.165, 1.54) is 0 Å². The van der Waals surface area contributed by atoms with Gasteiger partial charge < -0.3 is 4.90 Å². The average molecular weight is 354 g/mol. The maximum Gasteiger partial charge on any atom is 0.254 e. The number of nitrogens with zero attached hydrogens (tertiary/aromatic N) is 2. The molecule has 0 fully saturated rings. The molecule has 2 rings (SSSR count). The second kappa shape index (κ2) is 6.86. The lowest BCUT2D eigenvalue weighted by molar-refractivity contribution is 0.0752. The highest BCUT2D eigenvalue weighted by Gasteiger charge is 2.15. The highest BCUT2D eigenvalue weighted by molar-refractivity contribution is 9.10. The van der Waals surface area contributed by atoms with Crippen LogP contribution >= 0.6 is 27.5 Å². The molecule has 0 aliphatic rings. The van der Waals surface area contributed by atoms with Crippen LogP contribution < -0.4 is 0 Å². The number of benzene rings is 1. The molecule has 0 aliphatic carbocycles. The predicted molar refractivity (Wildman–Crippen MR) is 83.8 cm³/mol. The lowest BCUT2D eigenvalue weighted by atomic mass is 10.1. The zero-order valence-corrected chi connectivity index (χ0v) is 13.4. The number of hydrogen-bond acceptors (Lipinski definition) is 2. The van der Waals surface area contributed by atoms with Crippen LogP contribution in [-0.4, -0.2) is 22.3 Å². The summed E-state index contributed by atoms with van der Waals surface area (Å²) >= 11 is 9.35. The van der Waals surface area contributed by atoms with Gasteiger partial charge in [0.05, 0.1) is 0 Å². The maximum atomic E-state index is 12.5.